The number of nitrogens with zero attached hydrogens (tertiary/aromatic N) is 1. The Morgan fingerprint density at radius 1 is 1.37 bits per heavy atom. The van der Waals surface area contributed by atoms with Crippen LogP contribution in [0.4, 0.5) is 5.69 Å². The molecule has 0 spiro atoms. The van der Waals surface area contributed by atoms with Crippen LogP contribution < -0.4 is 4.90 Å². The van der Waals surface area contributed by atoms with Crippen LogP contribution in [0.1, 0.15) is 37.7 Å². The molecule has 1 aliphatic heterocycles. The average molecular weight is 261 g/mol. The number of fused-ring (bicyclic) bond motifs is 1. The van der Waals surface area contributed by atoms with Crippen LogP contribution in [0.2, 0.25) is 0 Å². The van der Waals surface area contributed by atoms with Gasteiger partial charge in [-0.2, -0.15) is 0 Å². The van der Waals surface area contributed by atoms with E-state index >= 15 is 0 Å². The number of rotatable bonds is 4. The third-order valence-electron chi connectivity index (χ3n) is 3.48. The smallest absolute Gasteiger partial charge is 0.306 e. The highest BCUT2D eigenvalue weighted by Gasteiger charge is 2.32. The van der Waals surface area contributed by atoms with Gasteiger partial charge in [-0.25, -0.2) is 0 Å². The van der Waals surface area contributed by atoms with Crippen LogP contribution in [0.5, 0.6) is 0 Å². The summed E-state index contributed by atoms with van der Waals surface area (Å²) in [6.07, 6.45) is 1.70. The maximum absolute atomic E-state index is 12.1. The van der Waals surface area contributed by atoms with Crippen molar-refractivity contribution in [2.24, 2.45) is 0 Å². The molecule has 1 aliphatic rings. The molecule has 1 aromatic carbocycles. The lowest BCUT2D eigenvalue weighted by Crippen LogP contribution is -2.29. The van der Waals surface area contributed by atoms with Crippen molar-refractivity contribution in [1.82, 2.24) is 0 Å². The monoisotopic (exact) mass is 261 g/mol. The largest absolute Gasteiger partial charge is 0.469 e. The first-order chi connectivity index (χ1) is 9.17. The molecule has 1 amide bonds. The minimum atomic E-state index is -0.232. The second-order valence-electron chi connectivity index (χ2n) is 4.79. The molecule has 0 fully saturated rings. The van der Waals surface area contributed by atoms with Gasteiger partial charge in [-0.05, 0) is 18.1 Å². The zero-order valence-corrected chi connectivity index (χ0v) is 11.4. The van der Waals surface area contributed by atoms with Crippen molar-refractivity contribution < 1.29 is 14.3 Å². The number of carbonyl (C=O) groups is 2. The second kappa shape index (κ2) is 5.87. The lowest BCUT2D eigenvalue weighted by molar-refractivity contribution is -0.141. The number of hydrogen-bond acceptors (Lipinski definition) is 3. The Balaban J connectivity index is 2.23. The van der Waals surface area contributed by atoms with Crippen LogP contribution in [0, 0.1) is 0 Å². The van der Waals surface area contributed by atoms with Gasteiger partial charge in [0.05, 0.1) is 13.5 Å². The minimum Gasteiger partial charge on any atom is -0.469 e. The number of hydrogen-bond donors (Lipinski definition) is 0. The third kappa shape index (κ3) is 2.78. The summed E-state index contributed by atoms with van der Waals surface area (Å²) in [5, 5.41) is 0. The molecule has 4 heteroatoms. The molecule has 0 aliphatic carbocycles. The van der Waals surface area contributed by atoms with E-state index in [2.05, 4.69) is 0 Å². The molecule has 0 radical (unpaired) electrons. The predicted octanol–water partition coefficient (Wildman–Crippen LogP) is 2.48. The Kier molecular flexibility index (Phi) is 4.20. The van der Waals surface area contributed by atoms with Crippen LogP contribution in [0.15, 0.2) is 24.3 Å². The first kappa shape index (κ1) is 13.6. The van der Waals surface area contributed by atoms with Crippen LogP contribution in [-0.4, -0.2) is 25.5 Å². The number of para-hydroxylation sites is 1. The lowest BCUT2D eigenvalue weighted by Gasteiger charge is -2.17. The van der Waals surface area contributed by atoms with E-state index in [0.717, 1.165) is 17.7 Å². The van der Waals surface area contributed by atoms with Crippen molar-refractivity contribution in [2.75, 3.05) is 18.6 Å². The molecule has 1 aromatic rings. The van der Waals surface area contributed by atoms with Crippen LogP contribution in [0.25, 0.3) is 0 Å². The number of ether oxygens (including phenoxy) is 1. The zero-order valence-electron chi connectivity index (χ0n) is 11.4. The van der Waals surface area contributed by atoms with Gasteiger partial charge in [0, 0.05) is 24.6 Å². The van der Waals surface area contributed by atoms with Crippen LogP contribution in [-0.2, 0) is 14.3 Å². The summed E-state index contributed by atoms with van der Waals surface area (Å²) >= 11 is 0. The standard InChI is InChI=1S/C15H19NO3/c1-3-6-14(17)16-10-11(9-15(18)19-2)12-7-4-5-8-13(12)16/h4-5,7-8,11H,3,6,9-10H2,1-2H3. The van der Waals surface area contributed by atoms with Gasteiger partial charge in [0.2, 0.25) is 5.91 Å². The number of carbonyl (C=O) groups excluding carboxylic acids is 2. The summed E-state index contributed by atoms with van der Waals surface area (Å²) in [6.45, 7) is 2.57. The van der Waals surface area contributed by atoms with Crippen molar-refractivity contribution >= 4 is 17.6 Å². The normalized spacial score (nSPS) is 17.2. The average Bonchev–Trinajstić information content (AvgIpc) is 2.78. The number of amides is 1. The molecule has 1 atom stereocenters. The summed E-state index contributed by atoms with van der Waals surface area (Å²) in [4.78, 5) is 25.4. The van der Waals surface area contributed by atoms with Crippen molar-refractivity contribution in [1.29, 1.82) is 0 Å². The Hall–Kier alpha value is -1.84. The van der Waals surface area contributed by atoms with Gasteiger partial charge in [0.25, 0.3) is 0 Å². The molecule has 0 bridgehead atoms. The SMILES string of the molecule is CCCC(=O)N1CC(CC(=O)OC)c2ccccc21. The molecule has 0 saturated carbocycles. The molecule has 2 rings (SSSR count). The number of benzene rings is 1. The van der Waals surface area contributed by atoms with E-state index in [-0.39, 0.29) is 17.8 Å². The Labute approximate surface area is 113 Å². The quantitative estimate of drug-likeness (QED) is 0.782. The zero-order chi connectivity index (χ0) is 13.8. The summed E-state index contributed by atoms with van der Waals surface area (Å²) in [5.41, 5.74) is 2.01. The van der Waals surface area contributed by atoms with E-state index in [0.29, 0.717) is 19.4 Å². The maximum atomic E-state index is 12.1. The second-order valence-corrected chi connectivity index (χ2v) is 4.79. The molecule has 0 aromatic heterocycles. The van der Waals surface area contributed by atoms with Crippen molar-refractivity contribution in [3.05, 3.63) is 29.8 Å². The van der Waals surface area contributed by atoms with Crippen molar-refractivity contribution in [3.63, 3.8) is 0 Å². The van der Waals surface area contributed by atoms with Crippen LogP contribution in [0.3, 0.4) is 0 Å². The highest BCUT2D eigenvalue weighted by molar-refractivity contribution is 5.96. The predicted molar refractivity (Wildman–Crippen MR) is 73.1 cm³/mol. The summed E-state index contributed by atoms with van der Waals surface area (Å²) in [6, 6.07) is 7.80. The number of esters is 1. The van der Waals surface area contributed by atoms with E-state index in [9.17, 15) is 9.59 Å². The van der Waals surface area contributed by atoms with E-state index in [1.807, 2.05) is 31.2 Å². The van der Waals surface area contributed by atoms with E-state index in [1.165, 1.54) is 7.11 Å². The van der Waals surface area contributed by atoms with Crippen molar-refractivity contribution in [2.45, 2.75) is 32.1 Å². The van der Waals surface area contributed by atoms with Gasteiger partial charge < -0.3 is 9.64 Å². The van der Waals surface area contributed by atoms with E-state index in [1.54, 1.807) is 4.90 Å². The fraction of sp³-hybridized carbons (Fsp3) is 0.467. The van der Waals surface area contributed by atoms with Gasteiger partial charge in [0.15, 0.2) is 0 Å². The molecule has 1 unspecified atom stereocenters. The van der Waals surface area contributed by atoms with Gasteiger partial charge >= 0.3 is 5.97 Å². The van der Waals surface area contributed by atoms with Crippen molar-refractivity contribution in [3.8, 4) is 0 Å². The summed E-state index contributed by atoms with van der Waals surface area (Å²) in [5.74, 6) is -0.0589. The first-order valence-electron chi connectivity index (χ1n) is 6.63. The molecule has 0 N–H and O–H groups in total. The van der Waals surface area contributed by atoms with Gasteiger partial charge in [0.1, 0.15) is 0 Å². The number of methoxy groups -OCH3 is 1. The molecular weight excluding hydrogens is 242 g/mol. The van der Waals surface area contributed by atoms with Gasteiger partial charge in [-0.1, -0.05) is 25.1 Å². The van der Waals surface area contributed by atoms with E-state index in [4.69, 9.17) is 4.74 Å². The Bertz CT molecular complexity index is 484. The molecule has 19 heavy (non-hydrogen) atoms. The summed E-state index contributed by atoms with van der Waals surface area (Å²) in [7, 11) is 1.39. The Morgan fingerprint density at radius 3 is 2.79 bits per heavy atom. The minimum absolute atomic E-state index is 0.0458. The van der Waals surface area contributed by atoms with E-state index < -0.39 is 0 Å². The third-order valence-corrected chi connectivity index (χ3v) is 3.48. The maximum Gasteiger partial charge on any atom is 0.306 e. The van der Waals surface area contributed by atoms with Crippen LogP contribution >= 0.6 is 0 Å². The first-order valence-corrected chi connectivity index (χ1v) is 6.63. The fourth-order valence-corrected chi connectivity index (χ4v) is 2.54. The molecule has 4 nitrogen and oxygen atoms in total. The molecule has 102 valence electrons. The van der Waals surface area contributed by atoms with Gasteiger partial charge in [-0.3, -0.25) is 9.59 Å². The lowest BCUT2D eigenvalue weighted by atomic mass is 9.98. The highest BCUT2D eigenvalue weighted by Crippen LogP contribution is 2.38. The summed E-state index contributed by atoms with van der Waals surface area (Å²) < 4.78 is 4.73. The highest BCUT2D eigenvalue weighted by atomic mass is 16.5. The molecular formula is C15H19NO3. The Morgan fingerprint density at radius 2 is 2.11 bits per heavy atom. The molecule has 1 heterocycles. The number of anilines is 1. The van der Waals surface area contributed by atoms with Gasteiger partial charge in [-0.15, -0.1) is 0 Å². The fourth-order valence-electron chi connectivity index (χ4n) is 2.54. The topological polar surface area (TPSA) is 46.6 Å². The molecule has 0 saturated heterocycles.